The summed E-state index contributed by atoms with van der Waals surface area (Å²) >= 11 is 0. The molecule has 0 radical (unpaired) electrons. The zero-order valence-electron chi connectivity index (χ0n) is 10.4. The van der Waals surface area contributed by atoms with Crippen LogP contribution in [0.2, 0.25) is 0 Å². The van der Waals surface area contributed by atoms with E-state index in [4.69, 9.17) is 0 Å². The van der Waals surface area contributed by atoms with Gasteiger partial charge in [0.1, 0.15) is 6.33 Å². The minimum absolute atomic E-state index is 0.834. The summed E-state index contributed by atoms with van der Waals surface area (Å²) in [6.07, 6.45) is 8.48. The highest BCUT2D eigenvalue weighted by Crippen LogP contribution is 2.05. The molecule has 19 heavy (non-hydrogen) atoms. The molecule has 96 valence electrons. The van der Waals surface area contributed by atoms with Crippen molar-refractivity contribution in [1.29, 1.82) is 0 Å². The predicted molar refractivity (Wildman–Crippen MR) is 74.4 cm³/mol. The Morgan fingerprint density at radius 3 is 2.32 bits per heavy atom. The van der Waals surface area contributed by atoms with Gasteiger partial charge in [-0.2, -0.15) is 5.10 Å². The highest BCUT2D eigenvalue weighted by atomic mass is 15.1. The second-order valence-corrected chi connectivity index (χ2v) is 3.73. The average molecular weight is 253 g/mol. The molecule has 3 aromatic rings. The fourth-order valence-corrected chi connectivity index (χ4v) is 1.40. The molecular weight excluding hydrogens is 238 g/mol. The molecule has 0 saturated heterocycles. The first-order chi connectivity index (χ1) is 9.45. The van der Waals surface area contributed by atoms with Crippen LogP contribution < -0.4 is 5.32 Å². The molecule has 0 fully saturated rings. The summed E-state index contributed by atoms with van der Waals surface area (Å²) in [6.45, 7) is 0.834. The predicted octanol–water partition coefficient (Wildman–Crippen LogP) is 2.50. The molecule has 1 aromatic carbocycles. The Balaban J connectivity index is 0.000000186. The van der Waals surface area contributed by atoms with Gasteiger partial charge >= 0.3 is 0 Å². The molecule has 0 spiro atoms. The van der Waals surface area contributed by atoms with E-state index < -0.39 is 0 Å². The first kappa shape index (κ1) is 12.8. The van der Waals surface area contributed by atoms with Gasteiger partial charge in [0, 0.05) is 25.1 Å². The lowest BCUT2D eigenvalue weighted by Gasteiger charge is -2.02. The van der Waals surface area contributed by atoms with Crippen molar-refractivity contribution in [3.63, 3.8) is 0 Å². The third-order valence-electron chi connectivity index (χ3n) is 2.32. The average Bonchev–Trinajstić information content (AvgIpc) is 3.02. The second-order valence-electron chi connectivity index (χ2n) is 3.73. The molecule has 0 atom stereocenters. The molecule has 2 aromatic heterocycles. The standard InChI is InChI=1S/C10H11N3.C4H4N2/c1-2-4-9(5-3-1)6-11-10-7-12-13-8-10;1-2-5-4-6-3-1/h1-5,7-8,11H,6H2,(H,12,13);1-4H. The minimum atomic E-state index is 0.834. The van der Waals surface area contributed by atoms with E-state index in [1.165, 1.54) is 11.9 Å². The van der Waals surface area contributed by atoms with Crippen LogP contribution in [0.5, 0.6) is 0 Å². The molecule has 3 rings (SSSR count). The summed E-state index contributed by atoms with van der Waals surface area (Å²) in [5.74, 6) is 0. The molecule has 5 nitrogen and oxygen atoms in total. The summed E-state index contributed by atoms with van der Waals surface area (Å²) in [7, 11) is 0. The summed E-state index contributed by atoms with van der Waals surface area (Å²) in [5, 5.41) is 9.85. The van der Waals surface area contributed by atoms with Gasteiger partial charge in [0.05, 0.1) is 11.9 Å². The smallest absolute Gasteiger partial charge is 0.115 e. The molecule has 0 aliphatic heterocycles. The summed E-state index contributed by atoms with van der Waals surface area (Å²) in [5.41, 5.74) is 2.28. The highest BCUT2D eigenvalue weighted by Gasteiger charge is 1.92. The van der Waals surface area contributed by atoms with E-state index in [0.29, 0.717) is 0 Å². The second kappa shape index (κ2) is 7.60. The lowest BCUT2D eigenvalue weighted by atomic mass is 10.2. The fraction of sp³-hybridized carbons (Fsp3) is 0.0714. The van der Waals surface area contributed by atoms with Crippen molar-refractivity contribution < 1.29 is 0 Å². The zero-order valence-corrected chi connectivity index (χ0v) is 10.4. The summed E-state index contributed by atoms with van der Waals surface area (Å²) < 4.78 is 0. The number of nitrogens with one attached hydrogen (secondary N) is 2. The van der Waals surface area contributed by atoms with Gasteiger partial charge in [-0.05, 0) is 11.6 Å². The fourth-order valence-electron chi connectivity index (χ4n) is 1.40. The van der Waals surface area contributed by atoms with Crippen molar-refractivity contribution in [3.05, 3.63) is 73.1 Å². The lowest BCUT2D eigenvalue weighted by Crippen LogP contribution is -1.97. The minimum Gasteiger partial charge on any atom is -0.378 e. The normalized spacial score (nSPS) is 9.26. The largest absolute Gasteiger partial charge is 0.378 e. The number of benzene rings is 1. The van der Waals surface area contributed by atoms with E-state index >= 15 is 0 Å². The number of aromatic nitrogens is 4. The van der Waals surface area contributed by atoms with Crippen LogP contribution in [-0.2, 0) is 6.54 Å². The molecule has 0 bridgehead atoms. The van der Waals surface area contributed by atoms with E-state index in [2.05, 4.69) is 37.6 Å². The van der Waals surface area contributed by atoms with Crippen molar-refractivity contribution in [2.24, 2.45) is 0 Å². The number of hydrogen-bond acceptors (Lipinski definition) is 4. The number of rotatable bonds is 3. The third-order valence-corrected chi connectivity index (χ3v) is 2.32. The Morgan fingerprint density at radius 1 is 1.00 bits per heavy atom. The third kappa shape index (κ3) is 4.99. The molecule has 0 aliphatic rings. The van der Waals surface area contributed by atoms with E-state index in [9.17, 15) is 0 Å². The molecule has 2 N–H and O–H groups in total. The van der Waals surface area contributed by atoms with Gasteiger partial charge in [-0.15, -0.1) is 0 Å². The van der Waals surface area contributed by atoms with Gasteiger partial charge in [0.2, 0.25) is 0 Å². The Labute approximate surface area is 111 Å². The first-order valence-corrected chi connectivity index (χ1v) is 5.92. The number of nitrogens with zero attached hydrogens (tertiary/aromatic N) is 3. The van der Waals surface area contributed by atoms with E-state index in [-0.39, 0.29) is 0 Å². The number of hydrogen-bond donors (Lipinski definition) is 2. The molecule has 0 aliphatic carbocycles. The van der Waals surface area contributed by atoms with Gasteiger partial charge in [-0.1, -0.05) is 30.3 Å². The Morgan fingerprint density at radius 2 is 1.79 bits per heavy atom. The van der Waals surface area contributed by atoms with Crippen LogP contribution in [0.4, 0.5) is 5.69 Å². The Bertz CT molecular complexity index is 510. The van der Waals surface area contributed by atoms with Gasteiger partial charge in [-0.25, -0.2) is 9.97 Å². The van der Waals surface area contributed by atoms with Crippen LogP contribution >= 0.6 is 0 Å². The summed E-state index contributed by atoms with van der Waals surface area (Å²) in [4.78, 5) is 7.35. The van der Waals surface area contributed by atoms with Gasteiger partial charge in [-0.3, -0.25) is 5.10 Å². The van der Waals surface area contributed by atoms with Crippen LogP contribution in [0.1, 0.15) is 5.56 Å². The molecular formula is C14H15N5. The number of aromatic amines is 1. The molecule has 5 heteroatoms. The monoisotopic (exact) mass is 253 g/mol. The van der Waals surface area contributed by atoms with Crippen LogP contribution in [0, 0.1) is 0 Å². The van der Waals surface area contributed by atoms with Crippen LogP contribution in [-0.4, -0.2) is 20.2 Å². The SMILES string of the molecule is c1ccc(CNc2cn[nH]c2)cc1.c1cncnc1. The number of H-pyrrole nitrogens is 1. The van der Waals surface area contributed by atoms with Crippen molar-refractivity contribution in [3.8, 4) is 0 Å². The maximum atomic E-state index is 3.85. The van der Waals surface area contributed by atoms with Crippen molar-refractivity contribution in [2.45, 2.75) is 6.54 Å². The van der Waals surface area contributed by atoms with Crippen LogP contribution in [0.3, 0.4) is 0 Å². The van der Waals surface area contributed by atoms with Crippen LogP contribution in [0.15, 0.2) is 67.5 Å². The van der Waals surface area contributed by atoms with Gasteiger partial charge in [0.15, 0.2) is 0 Å². The Kier molecular flexibility index (Phi) is 5.10. The quantitative estimate of drug-likeness (QED) is 0.752. The maximum absolute atomic E-state index is 3.85. The van der Waals surface area contributed by atoms with E-state index in [1.807, 2.05) is 24.4 Å². The van der Waals surface area contributed by atoms with Crippen molar-refractivity contribution in [1.82, 2.24) is 20.2 Å². The highest BCUT2D eigenvalue weighted by molar-refractivity contribution is 5.38. The summed E-state index contributed by atoms with van der Waals surface area (Å²) in [6, 6.07) is 12.0. The maximum Gasteiger partial charge on any atom is 0.115 e. The van der Waals surface area contributed by atoms with E-state index in [1.54, 1.807) is 24.7 Å². The molecule has 0 unspecified atom stereocenters. The Hall–Kier alpha value is -2.69. The zero-order chi connectivity index (χ0) is 13.2. The van der Waals surface area contributed by atoms with Crippen LogP contribution in [0.25, 0.3) is 0 Å². The van der Waals surface area contributed by atoms with Crippen molar-refractivity contribution >= 4 is 5.69 Å². The van der Waals surface area contributed by atoms with E-state index in [0.717, 1.165) is 12.2 Å². The first-order valence-electron chi connectivity index (χ1n) is 5.92. The van der Waals surface area contributed by atoms with Gasteiger partial charge < -0.3 is 5.32 Å². The number of anilines is 1. The molecule has 0 amide bonds. The molecule has 0 saturated carbocycles. The lowest BCUT2D eigenvalue weighted by molar-refractivity contribution is 1.09. The van der Waals surface area contributed by atoms with Gasteiger partial charge in [0.25, 0.3) is 0 Å². The topological polar surface area (TPSA) is 66.5 Å². The van der Waals surface area contributed by atoms with Crippen molar-refractivity contribution in [2.75, 3.05) is 5.32 Å². The molecule has 2 heterocycles.